The number of nitrogens with zero attached hydrogens (tertiary/aromatic N) is 3. The first-order valence-electron chi connectivity index (χ1n) is 10.6. The molecule has 2 heterocycles. The molecule has 0 radical (unpaired) electrons. The second kappa shape index (κ2) is 8.92. The molecule has 0 saturated heterocycles. The summed E-state index contributed by atoms with van der Waals surface area (Å²) in [6.07, 6.45) is 3.29. The van der Waals surface area contributed by atoms with Gasteiger partial charge >= 0.3 is 0 Å². The molecule has 2 aromatic heterocycles. The van der Waals surface area contributed by atoms with E-state index >= 15 is 0 Å². The summed E-state index contributed by atoms with van der Waals surface area (Å²) in [4.78, 5) is 13.4. The molecule has 34 heavy (non-hydrogen) atoms. The van der Waals surface area contributed by atoms with Crippen LogP contribution in [0.5, 0.6) is 0 Å². The van der Waals surface area contributed by atoms with E-state index in [4.69, 9.17) is 0 Å². The molecule has 0 bridgehead atoms. The third kappa shape index (κ3) is 4.72. The van der Waals surface area contributed by atoms with Crippen LogP contribution in [0.1, 0.15) is 5.56 Å². The maximum absolute atomic E-state index is 12.6. The number of hydrogen-bond acceptors (Lipinski definition) is 6. The van der Waals surface area contributed by atoms with Gasteiger partial charge in [0.15, 0.2) is 0 Å². The number of fused-ring (bicyclic) bond motifs is 1. The normalized spacial score (nSPS) is 11.3. The molecule has 0 aliphatic heterocycles. The van der Waals surface area contributed by atoms with E-state index in [1.54, 1.807) is 54.7 Å². The number of sulfonamides is 1. The Labute approximate surface area is 197 Å². The molecule has 8 heteroatoms. The highest BCUT2D eigenvalue weighted by Crippen LogP contribution is 2.25. The van der Waals surface area contributed by atoms with Crippen molar-refractivity contribution in [3.63, 3.8) is 0 Å². The lowest BCUT2D eigenvalue weighted by Crippen LogP contribution is -2.12. The highest BCUT2D eigenvalue weighted by molar-refractivity contribution is 7.92. The van der Waals surface area contributed by atoms with Crippen LogP contribution in [0.15, 0.2) is 102 Å². The lowest BCUT2D eigenvalue weighted by atomic mass is 10.1. The van der Waals surface area contributed by atoms with Crippen LogP contribution < -0.4 is 10.0 Å². The van der Waals surface area contributed by atoms with E-state index in [0.29, 0.717) is 11.5 Å². The summed E-state index contributed by atoms with van der Waals surface area (Å²) < 4.78 is 27.8. The van der Waals surface area contributed by atoms with Crippen LogP contribution in [0.25, 0.3) is 22.2 Å². The zero-order valence-corrected chi connectivity index (χ0v) is 19.1. The number of nitrogens with one attached hydrogen (secondary N) is 2. The van der Waals surface area contributed by atoms with Gasteiger partial charge in [-0.1, -0.05) is 35.9 Å². The van der Waals surface area contributed by atoms with Crippen molar-refractivity contribution in [2.24, 2.45) is 0 Å². The van der Waals surface area contributed by atoms with Gasteiger partial charge in [0, 0.05) is 34.6 Å². The van der Waals surface area contributed by atoms with Crippen LogP contribution in [0.4, 0.5) is 17.2 Å². The second-order valence-electron chi connectivity index (χ2n) is 7.83. The van der Waals surface area contributed by atoms with Crippen molar-refractivity contribution in [2.75, 3.05) is 10.0 Å². The summed E-state index contributed by atoms with van der Waals surface area (Å²) in [6.45, 7) is 1.91. The number of aryl methyl sites for hydroxylation is 1. The number of anilines is 3. The fraction of sp³-hybridized carbons (Fsp3) is 0.0385. The fourth-order valence-corrected chi connectivity index (χ4v) is 4.55. The average Bonchev–Trinajstić information content (AvgIpc) is 2.85. The second-order valence-corrected chi connectivity index (χ2v) is 9.51. The number of benzene rings is 3. The molecule has 5 rings (SSSR count). The Balaban J connectivity index is 1.31. The molecule has 168 valence electrons. The minimum Gasteiger partial charge on any atom is -0.340 e. The first kappa shape index (κ1) is 21.5. The molecule has 0 aliphatic rings. The van der Waals surface area contributed by atoms with Crippen LogP contribution >= 0.6 is 0 Å². The Hall–Kier alpha value is -4.30. The van der Waals surface area contributed by atoms with Gasteiger partial charge in [-0.05, 0) is 55.5 Å². The van der Waals surface area contributed by atoms with Gasteiger partial charge in [0.25, 0.3) is 10.0 Å². The van der Waals surface area contributed by atoms with E-state index in [2.05, 4.69) is 25.0 Å². The lowest BCUT2D eigenvalue weighted by Gasteiger charge is -2.10. The van der Waals surface area contributed by atoms with Gasteiger partial charge in [0.1, 0.15) is 12.1 Å². The number of rotatable bonds is 6. The quantitative estimate of drug-likeness (QED) is 0.340. The van der Waals surface area contributed by atoms with Crippen molar-refractivity contribution in [3.8, 4) is 11.3 Å². The molecule has 7 nitrogen and oxygen atoms in total. The number of para-hydroxylation sites is 1. The van der Waals surface area contributed by atoms with E-state index in [1.165, 1.54) is 6.33 Å². The van der Waals surface area contributed by atoms with E-state index in [-0.39, 0.29) is 4.90 Å². The predicted molar refractivity (Wildman–Crippen MR) is 134 cm³/mol. The highest BCUT2D eigenvalue weighted by Gasteiger charge is 2.13. The van der Waals surface area contributed by atoms with E-state index < -0.39 is 10.0 Å². The third-order valence-electron chi connectivity index (χ3n) is 5.29. The van der Waals surface area contributed by atoms with E-state index in [0.717, 1.165) is 33.4 Å². The first-order valence-corrected chi connectivity index (χ1v) is 12.1. The summed E-state index contributed by atoms with van der Waals surface area (Å²) in [5.41, 5.74) is 4.80. The molecule has 0 saturated carbocycles. The van der Waals surface area contributed by atoms with Crippen LogP contribution in [-0.2, 0) is 10.0 Å². The molecular weight excluding hydrogens is 446 g/mol. The summed E-state index contributed by atoms with van der Waals surface area (Å²) in [5.74, 6) is 0.617. The fourth-order valence-electron chi connectivity index (χ4n) is 3.50. The summed E-state index contributed by atoms with van der Waals surface area (Å²) in [7, 11) is -3.65. The molecule has 0 aliphatic carbocycles. The van der Waals surface area contributed by atoms with Gasteiger partial charge in [-0.25, -0.2) is 18.4 Å². The molecule has 0 spiro atoms. The molecule has 3 aromatic carbocycles. The maximum atomic E-state index is 12.6. The van der Waals surface area contributed by atoms with Gasteiger partial charge in [-0.2, -0.15) is 0 Å². The molecule has 0 amide bonds. The van der Waals surface area contributed by atoms with Crippen LogP contribution in [0.3, 0.4) is 0 Å². The van der Waals surface area contributed by atoms with Crippen molar-refractivity contribution in [2.45, 2.75) is 11.8 Å². The van der Waals surface area contributed by atoms with E-state index in [9.17, 15) is 8.42 Å². The lowest BCUT2D eigenvalue weighted by molar-refractivity contribution is 0.601. The topological polar surface area (TPSA) is 96.9 Å². The smallest absolute Gasteiger partial charge is 0.261 e. The average molecular weight is 468 g/mol. The van der Waals surface area contributed by atoms with Crippen LogP contribution in [0, 0.1) is 6.92 Å². The van der Waals surface area contributed by atoms with Crippen molar-refractivity contribution < 1.29 is 8.42 Å². The minimum atomic E-state index is -3.65. The van der Waals surface area contributed by atoms with Gasteiger partial charge < -0.3 is 5.32 Å². The monoisotopic (exact) mass is 467 g/mol. The van der Waals surface area contributed by atoms with Gasteiger partial charge in [-0.3, -0.25) is 9.71 Å². The summed E-state index contributed by atoms with van der Waals surface area (Å²) in [6, 6.07) is 25.5. The van der Waals surface area contributed by atoms with Gasteiger partial charge in [-0.15, -0.1) is 0 Å². The molecular formula is C26H21N5O2S. The Bertz CT molecular complexity index is 1570. The number of hydrogen-bond donors (Lipinski definition) is 2. The molecule has 0 fully saturated rings. The third-order valence-corrected chi connectivity index (χ3v) is 6.69. The Kier molecular flexibility index (Phi) is 5.65. The number of aromatic nitrogens is 3. The Morgan fingerprint density at radius 3 is 2.29 bits per heavy atom. The van der Waals surface area contributed by atoms with Gasteiger partial charge in [0.2, 0.25) is 0 Å². The van der Waals surface area contributed by atoms with Crippen molar-refractivity contribution in [3.05, 3.63) is 103 Å². The molecule has 5 aromatic rings. The molecule has 0 atom stereocenters. The van der Waals surface area contributed by atoms with Gasteiger partial charge in [0.05, 0.1) is 16.1 Å². The predicted octanol–water partition coefficient (Wildman–Crippen LogP) is 5.54. The zero-order chi connectivity index (χ0) is 23.5. The van der Waals surface area contributed by atoms with Crippen molar-refractivity contribution >= 4 is 38.1 Å². The maximum Gasteiger partial charge on any atom is 0.261 e. The molecule has 0 unspecified atom stereocenters. The van der Waals surface area contributed by atoms with Crippen molar-refractivity contribution in [1.29, 1.82) is 0 Å². The minimum absolute atomic E-state index is 0.219. The Morgan fingerprint density at radius 1 is 0.765 bits per heavy atom. The largest absolute Gasteiger partial charge is 0.340 e. The number of pyridine rings is 1. The standard InChI is InChI=1S/C26H21N5O2S/c1-18-6-12-23(13-7-18)34(32,33)31-22-10-8-21(9-11-22)30-26-15-25(28-17-29-26)20-14-19-4-2-3-5-24(19)27-16-20/h2-17,31H,1H3,(H,28,29,30). The Morgan fingerprint density at radius 2 is 1.50 bits per heavy atom. The highest BCUT2D eigenvalue weighted by atomic mass is 32.2. The summed E-state index contributed by atoms with van der Waals surface area (Å²) in [5, 5.41) is 4.27. The first-order chi connectivity index (χ1) is 16.5. The van der Waals surface area contributed by atoms with Crippen LogP contribution in [-0.4, -0.2) is 23.4 Å². The van der Waals surface area contributed by atoms with E-state index in [1.807, 2.05) is 43.3 Å². The van der Waals surface area contributed by atoms with Crippen molar-refractivity contribution in [1.82, 2.24) is 15.0 Å². The molecule has 2 N–H and O–H groups in total. The van der Waals surface area contributed by atoms with Crippen LogP contribution in [0.2, 0.25) is 0 Å². The SMILES string of the molecule is Cc1ccc(S(=O)(=O)Nc2ccc(Nc3cc(-c4cnc5ccccc5c4)ncn3)cc2)cc1. The summed E-state index contributed by atoms with van der Waals surface area (Å²) >= 11 is 0. The zero-order valence-electron chi connectivity index (χ0n) is 18.3.